The number of hydrogen-bond acceptors (Lipinski definition) is 2. The smallest absolute Gasteiger partial charge is 0.166 e. The topological polar surface area (TPSA) is 37.3 Å². The van der Waals surface area contributed by atoms with Gasteiger partial charge in [0.2, 0.25) is 0 Å². The van der Waals surface area contributed by atoms with Crippen molar-refractivity contribution in [2.75, 3.05) is 0 Å². The molecular weight excluding hydrogens is 236 g/mol. The lowest BCUT2D eigenvalue weighted by atomic mass is 9.95. The van der Waals surface area contributed by atoms with Gasteiger partial charge in [-0.05, 0) is 49.1 Å². The van der Waals surface area contributed by atoms with E-state index in [0.717, 1.165) is 24.0 Å². The Morgan fingerprint density at radius 2 is 1.89 bits per heavy atom. The number of aryl methyl sites for hydroxylation is 1. The molecule has 96 valence electrons. The Morgan fingerprint density at radius 1 is 1.16 bits per heavy atom. The molecule has 0 saturated carbocycles. The highest BCUT2D eigenvalue weighted by atomic mass is 16.3. The zero-order valence-corrected chi connectivity index (χ0v) is 10.9. The summed E-state index contributed by atoms with van der Waals surface area (Å²) in [6, 6.07) is 13.4. The molecular formula is C17H16O2. The second kappa shape index (κ2) is 4.54. The highest BCUT2D eigenvalue weighted by molar-refractivity contribution is 6.02. The molecule has 0 spiro atoms. The van der Waals surface area contributed by atoms with Gasteiger partial charge in [0.1, 0.15) is 5.75 Å². The standard InChI is InChI=1S/C17H16O2/c1-11-2-4-12(5-3-11)8-14-9-13-10-15(18)6-7-16(13)17(14)19/h2-7,10,14,18H,8-9H2,1H3. The first-order valence-corrected chi connectivity index (χ1v) is 6.55. The highest BCUT2D eigenvalue weighted by Crippen LogP contribution is 2.31. The monoisotopic (exact) mass is 252 g/mol. The van der Waals surface area contributed by atoms with E-state index in [4.69, 9.17) is 0 Å². The van der Waals surface area contributed by atoms with E-state index in [2.05, 4.69) is 31.2 Å². The third kappa shape index (κ3) is 2.26. The maximum absolute atomic E-state index is 12.3. The van der Waals surface area contributed by atoms with Crippen molar-refractivity contribution in [2.24, 2.45) is 5.92 Å². The van der Waals surface area contributed by atoms with E-state index in [1.54, 1.807) is 18.2 Å². The van der Waals surface area contributed by atoms with Gasteiger partial charge >= 0.3 is 0 Å². The Morgan fingerprint density at radius 3 is 2.63 bits per heavy atom. The summed E-state index contributed by atoms with van der Waals surface area (Å²) in [6.45, 7) is 2.06. The van der Waals surface area contributed by atoms with Crippen LogP contribution >= 0.6 is 0 Å². The normalized spacial score (nSPS) is 17.5. The first-order chi connectivity index (χ1) is 9.13. The van der Waals surface area contributed by atoms with Gasteiger partial charge in [-0.3, -0.25) is 4.79 Å². The van der Waals surface area contributed by atoms with Crippen molar-refractivity contribution < 1.29 is 9.90 Å². The number of Topliss-reactive ketones (excluding diaryl/α,β-unsaturated/α-hetero) is 1. The maximum atomic E-state index is 12.3. The number of fused-ring (bicyclic) bond motifs is 1. The van der Waals surface area contributed by atoms with Crippen LogP contribution in [0.3, 0.4) is 0 Å². The summed E-state index contributed by atoms with van der Waals surface area (Å²) in [5.41, 5.74) is 4.17. The summed E-state index contributed by atoms with van der Waals surface area (Å²) in [5.74, 6) is 0.456. The molecule has 1 unspecified atom stereocenters. The summed E-state index contributed by atoms with van der Waals surface area (Å²) in [7, 11) is 0. The minimum Gasteiger partial charge on any atom is -0.508 e. The summed E-state index contributed by atoms with van der Waals surface area (Å²) < 4.78 is 0. The van der Waals surface area contributed by atoms with Gasteiger partial charge in [-0.15, -0.1) is 0 Å². The highest BCUT2D eigenvalue weighted by Gasteiger charge is 2.30. The quantitative estimate of drug-likeness (QED) is 0.890. The lowest BCUT2D eigenvalue weighted by Crippen LogP contribution is -2.12. The molecule has 0 fully saturated rings. The average molecular weight is 252 g/mol. The van der Waals surface area contributed by atoms with Crippen LogP contribution in [0.4, 0.5) is 0 Å². The van der Waals surface area contributed by atoms with Gasteiger partial charge in [-0.25, -0.2) is 0 Å². The Hall–Kier alpha value is -2.09. The van der Waals surface area contributed by atoms with Crippen LogP contribution in [0.25, 0.3) is 0 Å². The molecule has 1 atom stereocenters. The molecule has 1 N–H and O–H groups in total. The number of ketones is 1. The van der Waals surface area contributed by atoms with Crippen molar-refractivity contribution >= 4 is 5.78 Å². The van der Waals surface area contributed by atoms with Gasteiger partial charge in [0, 0.05) is 11.5 Å². The second-order valence-electron chi connectivity index (χ2n) is 5.30. The molecule has 0 bridgehead atoms. The number of hydrogen-bond donors (Lipinski definition) is 1. The molecule has 3 rings (SSSR count). The predicted octanol–water partition coefficient (Wildman–Crippen LogP) is 3.30. The summed E-state index contributed by atoms with van der Waals surface area (Å²) in [6.07, 6.45) is 1.50. The summed E-state index contributed by atoms with van der Waals surface area (Å²) in [5, 5.41) is 9.48. The zero-order chi connectivity index (χ0) is 13.4. The lowest BCUT2D eigenvalue weighted by Gasteiger charge is -2.08. The van der Waals surface area contributed by atoms with Crippen molar-refractivity contribution in [1.29, 1.82) is 0 Å². The van der Waals surface area contributed by atoms with E-state index >= 15 is 0 Å². The lowest BCUT2D eigenvalue weighted by molar-refractivity contribution is 0.0936. The minimum absolute atomic E-state index is 0.0134. The van der Waals surface area contributed by atoms with Gasteiger partial charge in [0.05, 0.1) is 0 Å². The van der Waals surface area contributed by atoms with E-state index in [1.807, 2.05) is 0 Å². The fourth-order valence-electron chi connectivity index (χ4n) is 2.74. The van der Waals surface area contributed by atoms with E-state index in [-0.39, 0.29) is 17.5 Å². The molecule has 0 aliphatic heterocycles. The first-order valence-electron chi connectivity index (χ1n) is 6.55. The van der Waals surface area contributed by atoms with Crippen LogP contribution in [0.1, 0.15) is 27.0 Å². The number of phenolic OH excluding ortho intramolecular Hbond substituents is 1. The van der Waals surface area contributed by atoms with Crippen molar-refractivity contribution in [2.45, 2.75) is 19.8 Å². The van der Waals surface area contributed by atoms with E-state index < -0.39 is 0 Å². The van der Waals surface area contributed by atoms with Crippen molar-refractivity contribution in [3.8, 4) is 5.75 Å². The predicted molar refractivity (Wildman–Crippen MR) is 74.5 cm³/mol. The van der Waals surface area contributed by atoms with E-state index in [1.165, 1.54) is 11.1 Å². The van der Waals surface area contributed by atoms with Crippen LogP contribution in [0.5, 0.6) is 5.75 Å². The maximum Gasteiger partial charge on any atom is 0.166 e. The molecule has 2 nitrogen and oxygen atoms in total. The Labute approximate surface area is 112 Å². The molecule has 2 heteroatoms. The Kier molecular flexibility index (Phi) is 2.86. The SMILES string of the molecule is Cc1ccc(CC2Cc3cc(O)ccc3C2=O)cc1. The van der Waals surface area contributed by atoms with Crippen molar-refractivity contribution in [3.63, 3.8) is 0 Å². The second-order valence-corrected chi connectivity index (χ2v) is 5.30. The molecule has 19 heavy (non-hydrogen) atoms. The number of benzene rings is 2. The van der Waals surface area contributed by atoms with Crippen LogP contribution in [-0.2, 0) is 12.8 Å². The summed E-state index contributed by atoms with van der Waals surface area (Å²) in [4.78, 5) is 12.3. The molecule has 2 aromatic carbocycles. The van der Waals surface area contributed by atoms with Gasteiger partial charge < -0.3 is 5.11 Å². The third-order valence-electron chi connectivity index (χ3n) is 3.79. The van der Waals surface area contributed by atoms with E-state index in [9.17, 15) is 9.90 Å². The zero-order valence-electron chi connectivity index (χ0n) is 10.9. The van der Waals surface area contributed by atoms with E-state index in [0.29, 0.717) is 0 Å². The van der Waals surface area contributed by atoms with Crippen LogP contribution in [-0.4, -0.2) is 10.9 Å². The third-order valence-corrected chi connectivity index (χ3v) is 3.79. The molecule has 0 saturated heterocycles. The van der Waals surface area contributed by atoms with Crippen molar-refractivity contribution in [1.82, 2.24) is 0 Å². The van der Waals surface area contributed by atoms with Gasteiger partial charge in [-0.1, -0.05) is 29.8 Å². The molecule has 1 aliphatic carbocycles. The largest absolute Gasteiger partial charge is 0.508 e. The number of rotatable bonds is 2. The fourth-order valence-corrected chi connectivity index (χ4v) is 2.74. The van der Waals surface area contributed by atoms with Crippen LogP contribution < -0.4 is 0 Å². The average Bonchev–Trinajstić information content (AvgIpc) is 2.68. The summed E-state index contributed by atoms with van der Waals surface area (Å²) >= 11 is 0. The van der Waals surface area contributed by atoms with Crippen LogP contribution in [0.15, 0.2) is 42.5 Å². The Bertz CT molecular complexity index is 626. The number of aromatic hydroxyl groups is 1. The molecule has 1 aliphatic rings. The van der Waals surface area contributed by atoms with Gasteiger partial charge in [-0.2, -0.15) is 0 Å². The molecule has 0 radical (unpaired) electrons. The van der Waals surface area contributed by atoms with Crippen molar-refractivity contribution in [3.05, 3.63) is 64.7 Å². The molecule has 0 aromatic heterocycles. The first kappa shape index (κ1) is 12.0. The van der Waals surface area contributed by atoms with Gasteiger partial charge in [0.15, 0.2) is 5.78 Å². The number of phenols is 1. The number of carbonyl (C=O) groups is 1. The minimum atomic E-state index is 0.0134. The van der Waals surface area contributed by atoms with Crippen LogP contribution in [0, 0.1) is 12.8 Å². The molecule has 0 amide bonds. The Balaban J connectivity index is 1.82. The number of carbonyl (C=O) groups excluding carboxylic acids is 1. The van der Waals surface area contributed by atoms with Gasteiger partial charge in [0.25, 0.3) is 0 Å². The molecule has 2 aromatic rings. The molecule has 0 heterocycles. The fraction of sp³-hybridized carbons (Fsp3) is 0.235. The van der Waals surface area contributed by atoms with Crippen LogP contribution in [0.2, 0.25) is 0 Å².